The van der Waals surface area contributed by atoms with Gasteiger partial charge in [0.05, 0.1) is 11.4 Å². The van der Waals surface area contributed by atoms with Crippen LogP contribution in [0, 0.1) is 0 Å². The molecular formula is C42H28N2O2. The Morgan fingerprint density at radius 2 is 0.848 bits per heavy atom. The molecule has 0 radical (unpaired) electrons. The first-order chi connectivity index (χ1) is 22.8. The number of hydrogen-bond acceptors (Lipinski definition) is 4. The lowest BCUT2D eigenvalue weighted by atomic mass is 10.1. The van der Waals surface area contributed by atoms with Crippen molar-refractivity contribution < 1.29 is 8.83 Å². The number of anilines is 6. The molecule has 4 heteroatoms. The number of nitrogens with zero attached hydrogens (tertiary/aromatic N) is 2. The smallest absolute Gasteiger partial charge is 0.159 e. The fourth-order valence-electron chi connectivity index (χ4n) is 6.55. The van der Waals surface area contributed by atoms with Gasteiger partial charge in [-0.15, -0.1) is 0 Å². The third kappa shape index (κ3) is 4.31. The minimum Gasteiger partial charge on any atom is -0.456 e. The molecule has 0 amide bonds. The van der Waals surface area contributed by atoms with E-state index in [9.17, 15) is 0 Å². The van der Waals surface area contributed by atoms with Gasteiger partial charge in [-0.25, -0.2) is 0 Å². The number of hydrogen-bond donors (Lipinski definition) is 0. The number of benzene rings is 7. The van der Waals surface area contributed by atoms with Crippen LogP contribution >= 0.6 is 0 Å². The average Bonchev–Trinajstić information content (AvgIpc) is 3.68. The van der Waals surface area contributed by atoms with Crippen molar-refractivity contribution in [3.05, 3.63) is 170 Å². The summed E-state index contributed by atoms with van der Waals surface area (Å²) >= 11 is 0. The van der Waals surface area contributed by atoms with E-state index >= 15 is 0 Å². The minimum atomic E-state index is 0.828. The molecule has 46 heavy (non-hydrogen) atoms. The van der Waals surface area contributed by atoms with Crippen LogP contribution in [-0.2, 0) is 0 Å². The highest BCUT2D eigenvalue weighted by Gasteiger charge is 2.21. The Morgan fingerprint density at radius 3 is 1.57 bits per heavy atom. The fourth-order valence-corrected chi connectivity index (χ4v) is 6.55. The maximum Gasteiger partial charge on any atom is 0.159 e. The molecule has 0 aliphatic carbocycles. The Labute approximate surface area is 265 Å². The van der Waals surface area contributed by atoms with E-state index in [0.29, 0.717) is 0 Å². The molecular weight excluding hydrogens is 564 g/mol. The van der Waals surface area contributed by atoms with Crippen molar-refractivity contribution in [1.82, 2.24) is 0 Å². The first-order valence-corrected chi connectivity index (χ1v) is 15.4. The zero-order chi connectivity index (χ0) is 30.5. The number of fused-ring (bicyclic) bond motifs is 6. The maximum absolute atomic E-state index is 6.71. The lowest BCUT2D eigenvalue weighted by Crippen LogP contribution is -2.10. The number of para-hydroxylation sites is 5. The summed E-state index contributed by atoms with van der Waals surface area (Å²) in [6.45, 7) is 0. The largest absolute Gasteiger partial charge is 0.456 e. The molecule has 9 rings (SSSR count). The first kappa shape index (κ1) is 26.2. The van der Waals surface area contributed by atoms with E-state index in [1.807, 2.05) is 36.4 Å². The molecule has 0 unspecified atom stereocenters. The molecule has 4 nitrogen and oxygen atoms in total. The summed E-state index contributed by atoms with van der Waals surface area (Å²) in [6.07, 6.45) is 0. The van der Waals surface area contributed by atoms with Crippen LogP contribution < -0.4 is 9.80 Å². The van der Waals surface area contributed by atoms with Crippen molar-refractivity contribution in [2.75, 3.05) is 9.80 Å². The van der Waals surface area contributed by atoms with E-state index < -0.39 is 0 Å². The van der Waals surface area contributed by atoms with Crippen molar-refractivity contribution in [2.45, 2.75) is 0 Å². The third-order valence-corrected chi connectivity index (χ3v) is 8.62. The van der Waals surface area contributed by atoms with Crippen LogP contribution in [0.3, 0.4) is 0 Å². The normalized spacial score (nSPS) is 11.5. The lowest BCUT2D eigenvalue weighted by molar-refractivity contribution is 0.667. The maximum atomic E-state index is 6.71. The van der Waals surface area contributed by atoms with Crippen LogP contribution in [0.15, 0.2) is 179 Å². The molecule has 0 bridgehead atoms. The lowest BCUT2D eigenvalue weighted by Gasteiger charge is -2.25. The Kier molecular flexibility index (Phi) is 6.10. The molecule has 0 aliphatic heterocycles. The van der Waals surface area contributed by atoms with Gasteiger partial charge in [0.25, 0.3) is 0 Å². The van der Waals surface area contributed by atoms with Crippen molar-refractivity contribution in [2.24, 2.45) is 0 Å². The van der Waals surface area contributed by atoms with E-state index in [2.05, 4.69) is 143 Å². The highest BCUT2D eigenvalue weighted by molar-refractivity contribution is 6.12. The van der Waals surface area contributed by atoms with Crippen LogP contribution in [0.2, 0.25) is 0 Å². The summed E-state index contributed by atoms with van der Waals surface area (Å²) in [5.41, 5.74) is 9.64. The van der Waals surface area contributed by atoms with E-state index in [4.69, 9.17) is 8.83 Å². The zero-order valence-electron chi connectivity index (χ0n) is 24.9. The Hall–Kier alpha value is -6.26. The topological polar surface area (TPSA) is 32.8 Å². The molecule has 0 saturated heterocycles. The van der Waals surface area contributed by atoms with Gasteiger partial charge in [-0.2, -0.15) is 0 Å². The fraction of sp³-hybridized carbons (Fsp3) is 0. The standard InChI is InChI=1S/C42H28N2O2/c1-4-13-29(14-5-1)43(30-15-6-2-7-16-30)32-24-26-40-37(27-32)36-20-12-21-38(42(36)46-40)44(31-17-8-3-9-18-31)33-23-25-35-34-19-10-11-22-39(34)45-41(35)28-33/h1-28H. The zero-order valence-corrected chi connectivity index (χ0v) is 24.9. The quantitative estimate of drug-likeness (QED) is 0.192. The molecule has 0 aliphatic rings. The second kappa shape index (κ2) is 10.7. The molecule has 2 heterocycles. The van der Waals surface area contributed by atoms with Gasteiger partial charge in [-0.1, -0.05) is 84.9 Å². The summed E-state index contributed by atoms with van der Waals surface area (Å²) in [6, 6.07) is 58.8. The molecule has 0 atom stereocenters. The summed E-state index contributed by atoms with van der Waals surface area (Å²) in [5.74, 6) is 0. The Bertz CT molecular complexity index is 2440. The second-order valence-corrected chi connectivity index (χ2v) is 11.4. The third-order valence-electron chi connectivity index (χ3n) is 8.62. The predicted molar refractivity (Wildman–Crippen MR) is 190 cm³/mol. The van der Waals surface area contributed by atoms with E-state index in [1.54, 1.807) is 0 Å². The van der Waals surface area contributed by atoms with Crippen LogP contribution in [0.1, 0.15) is 0 Å². The van der Waals surface area contributed by atoms with Crippen molar-refractivity contribution in [1.29, 1.82) is 0 Å². The molecule has 0 N–H and O–H groups in total. The number of rotatable bonds is 6. The molecule has 0 saturated carbocycles. The van der Waals surface area contributed by atoms with E-state index in [1.165, 1.54) is 0 Å². The summed E-state index contributed by atoms with van der Waals surface area (Å²) in [4.78, 5) is 4.53. The van der Waals surface area contributed by atoms with Gasteiger partial charge >= 0.3 is 0 Å². The number of furan rings is 2. The van der Waals surface area contributed by atoms with Gasteiger partial charge in [0.1, 0.15) is 16.7 Å². The van der Waals surface area contributed by atoms with E-state index in [-0.39, 0.29) is 0 Å². The van der Waals surface area contributed by atoms with Crippen LogP contribution in [0.5, 0.6) is 0 Å². The van der Waals surface area contributed by atoms with Gasteiger partial charge in [0.2, 0.25) is 0 Å². The van der Waals surface area contributed by atoms with Gasteiger partial charge < -0.3 is 18.6 Å². The molecule has 0 spiro atoms. The minimum absolute atomic E-state index is 0.828. The van der Waals surface area contributed by atoms with Crippen molar-refractivity contribution >= 4 is 78.0 Å². The predicted octanol–water partition coefficient (Wildman–Crippen LogP) is 12.4. The van der Waals surface area contributed by atoms with E-state index in [0.717, 1.165) is 78.0 Å². The molecule has 0 fully saturated rings. The van der Waals surface area contributed by atoms with Crippen molar-refractivity contribution in [3.63, 3.8) is 0 Å². The average molecular weight is 593 g/mol. The second-order valence-electron chi connectivity index (χ2n) is 11.4. The molecule has 218 valence electrons. The molecule has 7 aromatic carbocycles. The van der Waals surface area contributed by atoms with Gasteiger partial charge in [-0.05, 0) is 78.9 Å². The summed E-state index contributed by atoms with van der Waals surface area (Å²) in [7, 11) is 0. The highest BCUT2D eigenvalue weighted by atomic mass is 16.3. The summed E-state index contributed by atoms with van der Waals surface area (Å²) in [5, 5.41) is 4.34. The van der Waals surface area contributed by atoms with Crippen molar-refractivity contribution in [3.8, 4) is 0 Å². The first-order valence-electron chi connectivity index (χ1n) is 15.4. The van der Waals surface area contributed by atoms with Gasteiger partial charge in [-0.3, -0.25) is 0 Å². The SMILES string of the molecule is c1ccc(N(c2ccccc2)c2ccc3oc4c(N(c5ccccc5)c5ccc6c(c5)oc5ccccc56)cccc4c3c2)cc1. The summed E-state index contributed by atoms with van der Waals surface area (Å²) < 4.78 is 13.0. The van der Waals surface area contributed by atoms with Crippen LogP contribution in [0.4, 0.5) is 34.1 Å². The van der Waals surface area contributed by atoms with Crippen LogP contribution in [-0.4, -0.2) is 0 Å². The van der Waals surface area contributed by atoms with Gasteiger partial charge in [0.15, 0.2) is 5.58 Å². The Balaban J connectivity index is 1.23. The Morgan fingerprint density at radius 1 is 0.304 bits per heavy atom. The molecule has 9 aromatic rings. The highest BCUT2D eigenvalue weighted by Crippen LogP contribution is 2.45. The van der Waals surface area contributed by atoms with Crippen LogP contribution in [0.25, 0.3) is 43.9 Å². The monoisotopic (exact) mass is 592 g/mol. The molecule has 2 aromatic heterocycles. The van der Waals surface area contributed by atoms with Gasteiger partial charge in [0, 0.05) is 50.4 Å².